The van der Waals surface area contributed by atoms with E-state index in [0.717, 1.165) is 0 Å². The van der Waals surface area contributed by atoms with Crippen molar-refractivity contribution in [2.24, 2.45) is 0 Å². The van der Waals surface area contributed by atoms with Gasteiger partial charge >= 0.3 is 11.8 Å². The molecule has 3 rings (SSSR count). The van der Waals surface area contributed by atoms with E-state index in [2.05, 4.69) is 10.6 Å². The van der Waals surface area contributed by atoms with E-state index >= 15 is 0 Å². The Balaban J connectivity index is 1.50. The van der Waals surface area contributed by atoms with Crippen LogP contribution < -0.4 is 15.4 Å². The third-order valence-corrected chi connectivity index (χ3v) is 6.08. The molecule has 1 aromatic rings. The summed E-state index contributed by atoms with van der Waals surface area (Å²) in [6, 6.07) is 3.59. The Morgan fingerprint density at radius 1 is 1.32 bits per heavy atom. The van der Waals surface area contributed by atoms with Gasteiger partial charge in [-0.2, -0.15) is 0 Å². The van der Waals surface area contributed by atoms with Gasteiger partial charge in [0.15, 0.2) is 0 Å². The number of nitrogens with one attached hydrogen (secondary N) is 2. The van der Waals surface area contributed by atoms with E-state index in [0.29, 0.717) is 18.7 Å². The minimum absolute atomic E-state index is 0.0254. The van der Waals surface area contributed by atoms with Crippen molar-refractivity contribution in [3.8, 4) is 5.75 Å². The summed E-state index contributed by atoms with van der Waals surface area (Å²) in [5.74, 6) is -1.89. The second-order valence-corrected chi connectivity index (χ2v) is 7.90. The fourth-order valence-electron chi connectivity index (χ4n) is 2.89. The molecule has 1 fully saturated rings. The number of hydrogen-bond donors (Lipinski definition) is 2. The maximum absolute atomic E-state index is 13.8. The van der Waals surface area contributed by atoms with Crippen molar-refractivity contribution in [3.05, 3.63) is 29.6 Å². The molecular formula is C15H18FN3O5S. The molecule has 2 aliphatic heterocycles. The summed E-state index contributed by atoms with van der Waals surface area (Å²) in [5.41, 5.74) is 0.215. The van der Waals surface area contributed by atoms with Gasteiger partial charge in [0.25, 0.3) is 0 Å². The molecule has 0 aromatic heterocycles. The van der Waals surface area contributed by atoms with Gasteiger partial charge in [0, 0.05) is 19.6 Å². The lowest BCUT2D eigenvalue weighted by Crippen LogP contribution is -2.44. The average molecular weight is 371 g/mol. The van der Waals surface area contributed by atoms with Crippen LogP contribution in [0.25, 0.3) is 0 Å². The second-order valence-electron chi connectivity index (χ2n) is 5.81. The molecule has 1 saturated heterocycles. The Bertz CT molecular complexity index is 798. The van der Waals surface area contributed by atoms with Crippen molar-refractivity contribution in [2.45, 2.75) is 12.5 Å². The number of rotatable bonds is 4. The van der Waals surface area contributed by atoms with Crippen molar-refractivity contribution < 1.29 is 27.1 Å². The first-order valence-electron chi connectivity index (χ1n) is 7.86. The monoisotopic (exact) mass is 371 g/mol. The maximum atomic E-state index is 13.8. The van der Waals surface area contributed by atoms with Crippen LogP contribution >= 0.6 is 0 Å². The number of nitrogens with zero attached hydrogens (tertiary/aromatic N) is 1. The quantitative estimate of drug-likeness (QED) is 0.696. The highest BCUT2D eigenvalue weighted by molar-refractivity contribution is 7.89. The van der Waals surface area contributed by atoms with Gasteiger partial charge in [-0.25, -0.2) is 17.1 Å². The fourth-order valence-corrected chi connectivity index (χ4v) is 4.42. The molecule has 0 bridgehead atoms. The molecule has 1 unspecified atom stereocenters. The van der Waals surface area contributed by atoms with Crippen LogP contribution in [0.4, 0.5) is 4.39 Å². The normalized spacial score (nSPS) is 21.4. The molecule has 2 amide bonds. The summed E-state index contributed by atoms with van der Waals surface area (Å²) in [6.07, 6.45) is 0.559. The Kier molecular flexibility index (Phi) is 4.91. The Morgan fingerprint density at radius 2 is 2.12 bits per heavy atom. The van der Waals surface area contributed by atoms with Crippen molar-refractivity contribution >= 4 is 21.8 Å². The van der Waals surface area contributed by atoms with E-state index in [9.17, 15) is 22.4 Å². The standard InChI is InChI=1S/C15H18FN3O5S/c16-10-3-1-4-12-13(10)11(9-24-12)18-15(21)14(20)17-5-7-19-6-2-8-25(19,22)23/h1,3-4,11H,2,5-9H2,(H,17,20)(H,18,21). The lowest BCUT2D eigenvalue weighted by Gasteiger charge is -2.15. The molecular weight excluding hydrogens is 353 g/mol. The summed E-state index contributed by atoms with van der Waals surface area (Å²) in [7, 11) is -3.24. The van der Waals surface area contributed by atoms with Crippen LogP contribution in [0, 0.1) is 5.82 Å². The lowest BCUT2D eigenvalue weighted by atomic mass is 10.1. The van der Waals surface area contributed by atoms with Gasteiger partial charge in [-0.1, -0.05) is 6.07 Å². The van der Waals surface area contributed by atoms with Crippen LogP contribution in [0.5, 0.6) is 5.75 Å². The molecule has 2 heterocycles. The number of carbonyl (C=O) groups excluding carboxylic acids is 2. The average Bonchev–Trinajstić information content (AvgIpc) is 3.11. The molecule has 136 valence electrons. The second kappa shape index (κ2) is 6.96. The zero-order valence-electron chi connectivity index (χ0n) is 13.3. The van der Waals surface area contributed by atoms with Crippen LogP contribution in [0.2, 0.25) is 0 Å². The molecule has 1 aromatic carbocycles. The van der Waals surface area contributed by atoms with Crippen LogP contribution in [0.1, 0.15) is 18.0 Å². The SMILES string of the molecule is O=C(NCCN1CCCS1(=O)=O)C(=O)NC1COc2cccc(F)c21. The molecule has 0 radical (unpaired) electrons. The van der Waals surface area contributed by atoms with Gasteiger partial charge < -0.3 is 15.4 Å². The van der Waals surface area contributed by atoms with Gasteiger partial charge in [0.2, 0.25) is 10.0 Å². The number of benzene rings is 1. The smallest absolute Gasteiger partial charge is 0.309 e. The van der Waals surface area contributed by atoms with E-state index in [1.54, 1.807) is 6.07 Å². The lowest BCUT2D eigenvalue weighted by molar-refractivity contribution is -0.139. The molecule has 8 nitrogen and oxygen atoms in total. The zero-order valence-corrected chi connectivity index (χ0v) is 14.1. The summed E-state index contributed by atoms with van der Waals surface area (Å²) in [5, 5.41) is 4.79. The molecule has 0 saturated carbocycles. The molecule has 25 heavy (non-hydrogen) atoms. The minimum atomic E-state index is -3.24. The molecule has 1 atom stereocenters. The van der Waals surface area contributed by atoms with E-state index in [-0.39, 0.29) is 31.0 Å². The number of ether oxygens (including phenoxy) is 1. The highest BCUT2D eigenvalue weighted by Crippen LogP contribution is 2.33. The van der Waals surface area contributed by atoms with Crippen molar-refractivity contribution in [2.75, 3.05) is 32.0 Å². The van der Waals surface area contributed by atoms with Gasteiger partial charge in [0.05, 0.1) is 17.4 Å². The first kappa shape index (κ1) is 17.6. The predicted octanol–water partition coefficient (Wildman–Crippen LogP) is -0.473. The summed E-state index contributed by atoms with van der Waals surface area (Å²) in [4.78, 5) is 23.8. The van der Waals surface area contributed by atoms with Crippen molar-refractivity contribution in [1.82, 2.24) is 14.9 Å². The van der Waals surface area contributed by atoms with Crippen LogP contribution in [0.15, 0.2) is 18.2 Å². The molecule has 0 aliphatic carbocycles. The highest BCUT2D eigenvalue weighted by Gasteiger charge is 2.31. The highest BCUT2D eigenvalue weighted by atomic mass is 32.2. The number of sulfonamides is 1. The topological polar surface area (TPSA) is 105 Å². The largest absolute Gasteiger partial charge is 0.491 e. The Morgan fingerprint density at radius 3 is 2.84 bits per heavy atom. The number of carbonyl (C=O) groups is 2. The Labute approximate surface area is 144 Å². The van der Waals surface area contributed by atoms with Gasteiger partial charge in [-0.05, 0) is 18.6 Å². The number of fused-ring (bicyclic) bond motifs is 1. The summed E-state index contributed by atoms with van der Waals surface area (Å²) in [6.45, 7) is 0.601. The first-order valence-corrected chi connectivity index (χ1v) is 9.47. The van der Waals surface area contributed by atoms with Crippen molar-refractivity contribution in [1.29, 1.82) is 0 Å². The third kappa shape index (κ3) is 3.74. The van der Waals surface area contributed by atoms with Gasteiger partial charge in [0.1, 0.15) is 18.2 Å². The predicted molar refractivity (Wildman–Crippen MR) is 85.8 cm³/mol. The molecule has 10 heteroatoms. The maximum Gasteiger partial charge on any atom is 0.309 e. The van der Waals surface area contributed by atoms with E-state index in [4.69, 9.17) is 4.74 Å². The molecule has 0 spiro atoms. The zero-order chi connectivity index (χ0) is 18.0. The van der Waals surface area contributed by atoms with Crippen LogP contribution in [0.3, 0.4) is 0 Å². The van der Waals surface area contributed by atoms with Crippen LogP contribution in [-0.4, -0.2) is 56.5 Å². The van der Waals surface area contributed by atoms with Gasteiger partial charge in [-0.3, -0.25) is 9.59 Å². The van der Waals surface area contributed by atoms with Gasteiger partial charge in [-0.15, -0.1) is 0 Å². The van der Waals surface area contributed by atoms with E-state index in [1.807, 2.05) is 0 Å². The van der Waals surface area contributed by atoms with Crippen LogP contribution in [-0.2, 0) is 19.6 Å². The fraction of sp³-hybridized carbons (Fsp3) is 0.467. The summed E-state index contributed by atoms with van der Waals surface area (Å²) >= 11 is 0. The Hall–Kier alpha value is -2.20. The molecule has 2 N–H and O–H groups in total. The number of halogens is 1. The van der Waals surface area contributed by atoms with Crippen molar-refractivity contribution in [3.63, 3.8) is 0 Å². The van der Waals surface area contributed by atoms with E-state index in [1.165, 1.54) is 16.4 Å². The van der Waals surface area contributed by atoms with E-state index < -0.39 is 33.7 Å². The third-order valence-electron chi connectivity index (χ3n) is 4.13. The number of hydrogen-bond acceptors (Lipinski definition) is 5. The molecule has 2 aliphatic rings. The first-order chi connectivity index (χ1) is 11.9. The minimum Gasteiger partial charge on any atom is -0.491 e. The summed E-state index contributed by atoms with van der Waals surface area (Å²) < 4.78 is 43.7. The number of amides is 2.